The highest BCUT2D eigenvalue weighted by atomic mass is 32.2. The molecule has 3 aromatic rings. The Bertz CT molecular complexity index is 1830. The summed E-state index contributed by atoms with van der Waals surface area (Å²) in [4.78, 5) is 33.0. The minimum absolute atomic E-state index is 0.0878. The average molecular weight is 541 g/mol. The SMILES string of the molecule is Cc1ccc(N=C2C(=O)Nc3ccc(S(=O)(=O)O)cc32)cc1N=C1C(=O)Nc2ccc(S(=O)(=O)O)cc21. The highest BCUT2D eigenvalue weighted by Gasteiger charge is 2.29. The van der Waals surface area contributed by atoms with E-state index in [4.69, 9.17) is 0 Å². The number of aliphatic imine (C=N–C) groups is 2. The number of hydrogen-bond donors (Lipinski definition) is 4. The Labute approximate surface area is 210 Å². The lowest BCUT2D eigenvalue weighted by atomic mass is 10.1. The third kappa shape index (κ3) is 4.53. The maximum absolute atomic E-state index is 12.6. The molecular formula is C23H16N4O8S2. The molecule has 14 heteroatoms. The van der Waals surface area contributed by atoms with E-state index in [0.717, 1.165) is 24.3 Å². The molecular weight excluding hydrogens is 524 g/mol. The van der Waals surface area contributed by atoms with Crippen molar-refractivity contribution in [1.29, 1.82) is 0 Å². The summed E-state index contributed by atoms with van der Waals surface area (Å²) in [6, 6.07) is 12.0. The number of hydrogen-bond acceptors (Lipinski definition) is 8. The number of aryl methyl sites for hydroxylation is 1. The van der Waals surface area contributed by atoms with Crippen LogP contribution >= 0.6 is 0 Å². The molecule has 0 fully saturated rings. The van der Waals surface area contributed by atoms with Crippen molar-refractivity contribution < 1.29 is 35.5 Å². The van der Waals surface area contributed by atoms with Crippen LogP contribution in [0.15, 0.2) is 74.4 Å². The third-order valence-electron chi connectivity index (χ3n) is 5.68. The number of carbonyl (C=O) groups is 2. The second-order valence-corrected chi connectivity index (χ2v) is 11.0. The highest BCUT2D eigenvalue weighted by Crippen LogP contribution is 2.33. The molecule has 0 radical (unpaired) electrons. The lowest BCUT2D eigenvalue weighted by Gasteiger charge is -2.05. The molecule has 0 bridgehead atoms. The van der Waals surface area contributed by atoms with Gasteiger partial charge in [0.15, 0.2) is 0 Å². The van der Waals surface area contributed by atoms with Gasteiger partial charge in [-0.15, -0.1) is 0 Å². The van der Waals surface area contributed by atoms with Crippen LogP contribution < -0.4 is 10.6 Å². The van der Waals surface area contributed by atoms with E-state index in [9.17, 15) is 35.5 Å². The molecule has 12 nitrogen and oxygen atoms in total. The summed E-state index contributed by atoms with van der Waals surface area (Å²) in [6.45, 7) is 1.72. The van der Waals surface area contributed by atoms with Crippen molar-refractivity contribution in [1.82, 2.24) is 0 Å². The fourth-order valence-corrected chi connectivity index (χ4v) is 4.86. The molecule has 2 heterocycles. The molecule has 2 aliphatic heterocycles. The van der Waals surface area contributed by atoms with Crippen LogP contribution in [0, 0.1) is 6.92 Å². The van der Waals surface area contributed by atoms with Crippen LogP contribution in [0.5, 0.6) is 0 Å². The summed E-state index contributed by atoms with van der Waals surface area (Å²) < 4.78 is 64.9. The third-order valence-corrected chi connectivity index (χ3v) is 7.38. The number of carbonyl (C=O) groups excluding carboxylic acids is 2. The van der Waals surface area contributed by atoms with E-state index < -0.39 is 41.8 Å². The van der Waals surface area contributed by atoms with Gasteiger partial charge in [0.25, 0.3) is 32.1 Å². The highest BCUT2D eigenvalue weighted by molar-refractivity contribution is 7.86. The van der Waals surface area contributed by atoms with Gasteiger partial charge in [-0.1, -0.05) is 6.07 Å². The predicted octanol–water partition coefficient (Wildman–Crippen LogP) is 2.63. The fourth-order valence-electron chi connectivity index (χ4n) is 3.84. The molecule has 0 unspecified atom stereocenters. The zero-order valence-corrected chi connectivity index (χ0v) is 20.4. The number of nitrogens with one attached hydrogen (secondary N) is 2. The number of amides is 2. The van der Waals surface area contributed by atoms with Crippen molar-refractivity contribution in [2.75, 3.05) is 10.6 Å². The summed E-state index contributed by atoms with van der Waals surface area (Å²) in [5.41, 5.74) is 1.99. The Hall–Kier alpha value is -4.24. The smallest absolute Gasteiger partial charge is 0.294 e. The van der Waals surface area contributed by atoms with E-state index in [1.807, 2.05) is 0 Å². The molecule has 3 aromatic carbocycles. The van der Waals surface area contributed by atoms with Crippen molar-refractivity contribution in [2.45, 2.75) is 16.7 Å². The number of fused-ring (bicyclic) bond motifs is 2. The van der Waals surface area contributed by atoms with Crippen LogP contribution in [0.4, 0.5) is 22.7 Å². The first-order valence-corrected chi connectivity index (χ1v) is 13.3. The number of benzene rings is 3. The Morgan fingerprint density at radius 3 is 1.65 bits per heavy atom. The number of rotatable bonds is 4. The van der Waals surface area contributed by atoms with Crippen LogP contribution in [0.3, 0.4) is 0 Å². The summed E-state index contributed by atoms with van der Waals surface area (Å²) in [5.74, 6) is -1.17. The van der Waals surface area contributed by atoms with Gasteiger partial charge in [0.05, 0.1) is 32.5 Å². The molecule has 2 aliphatic rings. The Morgan fingerprint density at radius 1 is 0.676 bits per heavy atom. The molecule has 188 valence electrons. The van der Waals surface area contributed by atoms with E-state index in [-0.39, 0.29) is 28.2 Å². The second-order valence-electron chi connectivity index (χ2n) is 8.16. The average Bonchev–Trinajstić information content (AvgIpc) is 3.29. The monoisotopic (exact) mass is 540 g/mol. The number of anilines is 2. The van der Waals surface area contributed by atoms with Gasteiger partial charge >= 0.3 is 0 Å². The Balaban J connectivity index is 1.59. The zero-order valence-electron chi connectivity index (χ0n) is 18.8. The minimum atomic E-state index is -4.51. The van der Waals surface area contributed by atoms with Crippen molar-refractivity contribution in [3.05, 3.63) is 71.3 Å². The van der Waals surface area contributed by atoms with Crippen LogP contribution in [0.2, 0.25) is 0 Å². The Kier molecular flexibility index (Phi) is 5.56. The van der Waals surface area contributed by atoms with E-state index in [0.29, 0.717) is 22.6 Å². The van der Waals surface area contributed by atoms with E-state index in [1.54, 1.807) is 19.1 Å². The molecule has 0 atom stereocenters. The van der Waals surface area contributed by atoms with Gasteiger partial charge in [0, 0.05) is 11.1 Å². The van der Waals surface area contributed by atoms with Gasteiger partial charge in [0.1, 0.15) is 11.4 Å². The fraction of sp³-hybridized carbons (Fsp3) is 0.0435. The van der Waals surface area contributed by atoms with Crippen molar-refractivity contribution in [3.8, 4) is 0 Å². The second kappa shape index (κ2) is 8.41. The first kappa shape index (κ1) is 24.5. The van der Waals surface area contributed by atoms with Crippen LogP contribution in [0.1, 0.15) is 16.7 Å². The van der Waals surface area contributed by atoms with E-state index in [1.165, 1.54) is 18.2 Å². The Morgan fingerprint density at radius 2 is 1.16 bits per heavy atom. The summed E-state index contributed by atoms with van der Waals surface area (Å²) in [6.07, 6.45) is 0. The van der Waals surface area contributed by atoms with Gasteiger partial charge in [-0.05, 0) is 61.0 Å². The normalized spacial score (nSPS) is 17.1. The molecule has 37 heavy (non-hydrogen) atoms. The maximum atomic E-state index is 12.6. The molecule has 0 spiro atoms. The van der Waals surface area contributed by atoms with Crippen LogP contribution in [-0.2, 0) is 29.8 Å². The quantitative estimate of drug-likeness (QED) is 0.363. The van der Waals surface area contributed by atoms with Crippen LogP contribution in [0.25, 0.3) is 0 Å². The molecule has 5 rings (SSSR count). The van der Waals surface area contributed by atoms with Crippen molar-refractivity contribution in [3.63, 3.8) is 0 Å². The van der Waals surface area contributed by atoms with E-state index >= 15 is 0 Å². The summed E-state index contributed by atoms with van der Waals surface area (Å²) in [7, 11) is -9.02. The molecule has 0 aromatic heterocycles. The molecule has 0 saturated heterocycles. The van der Waals surface area contributed by atoms with Gasteiger partial charge < -0.3 is 10.6 Å². The largest absolute Gasteiger partial charge is 0.320 e. The van der Waals surface area contributed by atoms with Gasteiger partial charge in [-0.3, -0.25) is 18.7 Å². The molecule has 2 amide bonds. The molecule has 0 aliphatic carbocycles. The lowest BCUT2D eigenvalue weighted by molar-refractivity contribution is -0.110. The first-order valence-electron chi connectivity index (χ1n) is 10.5. The van der Waals surface area contributed by atoms with Crippen molar-refractivity contribution >= 4 is 66.2 Å². The summed E-state index contributed by atoms with van der Waals surface area (Å²) >= 11 is 0. The number of nitrogens with zero attached hydrogens (tertiary/aromatic N) is 2. The molecule has 0 saturated carbocycles. The molecule has 4 N–H and O–H groups in total. The summed E-state index contributed by atoms with van der Waals surface area (Å²) in [5, 5.41) is 5.15. The lowest BCUT2D eigenvalue weighted by Crippen LogP contribution is -2.14. The topological polar surface area (TPSA) is 192 Å². The van der Waals surface area contributed by atoms with Gasteiger partial charge in [-0.25, -0.2) is 9.98 Å². The minimum Gasteiger partial charge on any atom is -0.320 e. The van der Waals surface area contributed by atoms with Gasteiger partial charge in [0.2, 0.25) is 0 Å². The van der Waals surface area contributed by atoms with E-state index in [2.05, 4.69) is 20.6 Å². The predicted molar refractivity (Wildman–Crippen MR) is 133 cm³/mol. The van der Waals surface area contributed by atoms with Crippen molar-refractivity contribution in [2.24, 2.45) is 9.98 Å². The first-order chi connectivity index (χ1) is 17.3. The van der Waals surface area contributed by atoms with Crippen LogP contribution in [-0.4, -0.2) is 49.2 Å². The maximum Gasteiger partial charge on any atom is 0.294 e. The van der Waals surface area contributed by atoms with Gasteiger partial charge in [-0.2, -0.15) is 16.8 Å². The standard InChI is InChI=1S/C23H16N4O8S2/c1-11-2-3-12(24-20-15-9-13(36(30,31)32)4-6-17(15)26-22(20)28)8-19(11)25-21-16-10-14(37(33,34)35)5-7-18(16)27-23(21)29/h2-10H,1H3,(H,24,26,28)(H,25,27,29)(H,30,31,32)(H,33,34,35). The zero-order chi connectivity index (χ0) is 26.7.